The fourth-order valence-electron chi connectivity index (χ4n) is 1.59. The molecule has 2 rings (SSSR count). The predicted octanol–water partition coefficient (Wildman–Crippen LogP) is 2.78. The van der Waals surface area contributed by atoms with Crippen molar-refractivity contribution >= 4 is 23.0 Å². The molecule has 0 bridgehead atoms. The second kappa shape index (κ2) is 5.64. The molecule has 1 unspecified atom stereocenters. The number of nitrogens with one attached hydrogen (secondary N) is 1. The highest BCUT2D eigenvalue weighted by molar-refractivity contribution is 7.13. The maximum atomic E-state index is 11.3. The van der Waals surface area contributed by atoms with E-state index in [0.717, 1.165) is 16.3 Å². The van der Waals surface area contributed by atoms with Crippen molar-refractivity contribution in [3.05, 3.63) is 35.8 Å². The average Bonchev–Trinajstić information content (AvgIpc) is 2.92. The summed E-state index contributed by atoms with van der Waals surface area (Å²) < 4.78 is 4.67. The summed E-state index contributed by atoms with van der Waals surface area (Å²) in [6.07, 6.45) is 1.77. The van der Waals surface area contributed by atoms with Crippen LogP contribution in [0.15, 0.2) is 35.8 Å². The maximum Gasteiger partial charge on any atom is 0.327 e. The van der Waals surface area contributed by atoms with Gasteiger partial charge in [-0.25, -0.2) is 9.78 Å². The molecule has 0 radical (unpaired) electrons. The second-order valence-electron chi connectivity index (χ2n) is 3.81. The highest BCUT2D eigenvalue weighted by Crippen LogP contribution is 2.24. The summed E-state index contributed by atoms with van der Waals surface area (Å²) in [6.45, 7) is 1.77. The van der Waals surface area contributed by atoms with Crippen molar-refractivity contribution in [1.29, 1.82) is 0 Å². The first-order valence-corrected chi connectivity index (χ1v) is 6.43. The molecule has 4 nitrogen and oxygen atoms in total. The van der Waals surface area contributed by atoms with Crippen molar-refractivity contribution < 1.29 is 9.53 Å². The van der Waals surface area contributed by atoms with Gasteiger partial charge in [0, 0.05) is 22.8 Å². The Kier molecular flexibility index (Phi) is 3.94. The van der Waals surface area contributed by atoms with Crippen LogP contribution in [0.3, 0.4) is 0 Å². The number of carbonyl (C=O) groups excluding carboxylic acids is 1. The first-order chi connectivity index (χ1) is 8.70. The van der Waals surface area contributed by atoms with Gasteiger partial charge in [-0.1, -0.05) is 12.1 Å². The molecule has 1 aromatic carbocycles. The zero-order chi connectivity index (χ0) is 13.0. The van der Waals surface area contributed by atoms with Gasteiger partial charge in [0.25, 0.3) is 0 Å². The fraction of sp³-hybridized carbons (Fsp3) is 0.231. The number of nitrogens with zero attached hydrogens (tertiary/aromatic N) is 1. The van der Waals surface area contributed by atoms with Crippen LogP contribution in [0, 0.1) is 0 Å². The van der Waals surface area contributed by atoms with E-state index in [4.69, 9.17) is 0 Å². The molecule has 1 heterocycles. The van der Waals surface area contributed by atoms with E-state index >= 15 is 0 Å². The van der Waals surface area contributed by atoms with Crippen LogP contribution in [0.25, 0.3) is 10.6 Å². The highest BCUT2D eigenvalue weighted by atomic mass is 32.1. The van der Waals surface area contributed by atoms with Crippen LogP contribution in [0.5, 0.6) is 0 Å². The number of benzene rings is 1. The number of thiazole rings is 1. The molecule has 1 atom stereocenters. The van der Waals surface area contributed by atoms with E-state index in [1.807, 2.05) is 29.6 Å². The Bertz CT molecular complexity index is 526. The molecule has 5 heteroatoms. The Labute approximate surface area is 110 Å². The zero-order valence-corrected chi connectivity index (χ0v) is 11.0. The largest absolute Gasteiger partial charge is 0.467 e. The van der Waals surface area contributed by atoms with Crippen molar-refractivity contribution in [3.8, 4) is 10.6 Å². The first kappa shape index (κ1) is 12.6. The lowest BCUT2D eigenvalue weighted by Crippen LogP contribution is -2.27. The van der Waals surface area contributed by atoms with E-state index in [9.17, 15) is 4.79 Å². The maximum absolute atomic E-state index is 11.3. The predicted molar refractivity (Wildman–Crippen MR) is 72.7 cm³/mol. The van der Waals surface area contributed by atoms with E-state index in [-0.39, 0.29) is 12.0 Å². The number of aromatic nitrogens is 1. The van der Waals surface area contributed by atoms with Crippen LogP contribution in [-0.2, 0) is 9.53 Å². The number of hydrogen-bond donors (Lipinski definition) is 1. The quantitative estimate of drug-likeness (QED) is 0.861. The smallest absolute Gasteiger partial charge is 0.327 e. The van der Waals surface area contributed by atoms with Crippen molar-refractivity contribution in [2.45, 2.75) is 13.0 Å². The molecule has 0 saturated carbocycles. The van der Waals surface area contributed by atoms with Gasteiger partial charge in [-0.15, -0.1) is 11.3 Å². The lowest BCUT2D eigenvalue weighted by atomic mass is 10.2. The third kappa shape index (κ3) is 2.87. The summed E-state index contributed by atoms with van der Waals surface area (Å²) >= 11 is 1.58. The second-order valence-corrected chi connectivity index (χ2v) is 4.70. The van der Waals surface area contributed by atoms with Gasteiger partial charge >= 0.3 is 5.97 Å². The van der Waals surface area contributed by atoms with Gasteiger partial charge in [0.1, 0.15) is 11.0 Å². The lowest BCUT2D eigenvalue weighted by Gasteiger charge is -2.13. The van der Waals surface area contributed by atoms with Gasteiger partial charge < -0.3 is 10.1 Å². The third-order valence-corrected chi connectivity index (χ3v) is 3.30. The highest BCUT2D eigenvalue weighted by Gasteiger charge is 2.12. The molecular weight excluding hydrogens is 248 g/mol. The van der Waals surface area contributed by atoms with E-state index in [1.54, 1.807) is 24.5 Å². The molecule has 1 N–H and O–H groups in total. The molecule has 0 fully saturated rings. The van der Waals surface area contributed by atoms with Crippen molar-refractivity contribution in [3.63, 3.8) is 0 Å². The van der Waals surface area contributed by atoms with Gasteiger partial charge in [0.05, 0.1) is 7.11 Å². The molecule has 0 aliphatic carbocycles. The number of ether oxygens (including phenoxy) is 1. The summed E-state index contributed by atoms with van der Waals surface area (Å²) in [7, 11) is 1.38. The van der Waals surface area contributed by atoms with Gasteiger partial charge in [-0.2, -0.15) is 0 Å². The molecule has 0 aliphatic rings. The van der Waals surface area contributed by atoms with E-state index in [2.05, 4.69) is 15.0 Å². The summed E-state index contributed by atoms with van der Waals surface area (Å²) in [5, 5.41) is 6.00. The SMILES string of the molecule is COC(=O)C(C)Nc1cccc(-c2nccs2)c1. The molecule has 0 spiro atoms. The summed E-state index contributed by atoms with van der Waals surface area (Å²) in [4.78, 5) is 15.6. The van der Waals surface area contributed by atoms with Crippen LogP contribution in [0.2, 0.25) is 0 Å². The number of carbonyl (C=O) groups is 1. The van der Waals surface area contributed by atoms with Crippen LogP contribution in [-0.4, -0.2) is 24.1 Å². The standard InChI is InChI=1S/C13H14N2O2S/c1-9(13(16)17-2)15-11-5-3-4-10(8-11)12-14-6-7-18-12/h3-9,15H,1-2H3. The topological polar surface area (TPSA) is 51.2 Å². The van der Waals surface area contributed by atoms with Crippen LogP contribution in [0.1, 0.15) is 6.92 Å². The molecule has 0 aliphatic heterocycles. The number of rotatable bonds is 4. The zero-order valence-electron chi connectivity index (χ0n) is 10.2. The third-order valence-electron chi connectivity index (χ3n) is 2.48. The van der Waals surface area contributed by atoms with Gasteiger partial charge in [0.15, 0.2) is 0 Å². The van der Waals surface area contributed by atoms with Crippen molar-refractivity contribution in [2.75, 3.05) is 12.4 Å². The van der Waals surface area contributed by atoms with Crippen molar-refractivity contribution in [2.24, 2.45) is 0 Å². The Morgan fingerprint density at radius 1 is 1.50 bits per heavy atom. The number of esters is 1. The molecule has 0 amide bonds. The average molecular weight is 262 g/mol. The Hall–Kier alpha value is -1.88. The first-order valence-electron chi connectivity index (χ1n) is 5.55. The van der Waals surface area contributed by atoms with E-state index in [0.29, 0.717) is 0 Å². The molecule has 0 saturated heterocycles. The van der Waals surface area contributed by atoms with Crippen LogP contribution >= 0.6 is 11.3 Å². The molecular formula is C13H14N2O2S. The minimum Gasteiger partial charge on any atom is -0.467 e. The Balaban J connectivity index is 2.15. The monoisotopic (exact) mass is 262 g/mol. The fourth-order valence-corrected chi connectivity index (χ4v) is 2.23. The molecule has 94 valence electrons. The van der Waals surface area contributed by atoms with Crippen molar-refractivity contribution in [1.82, 2.24) is 4.98 Å². The number of hydrogen-bond acceptors (Lipinski definition) is 5. The number of methoxy groups -OCH3 is 1. The summed E-state index contributed by atoms with van der Waals surface area (Å²) in [5.74, 6) is -0.283. The van der Waals surface area contributed by atoms with Gasteiger partial charge in [-0.05, 0) is 19.1 Å². The summed E-state index contributed by atoms with van der Waals surface area (Å²) in [6, 6.07) is 7.44. The van der Waals surface area contributed by atoms with Crippen LogP contribution < -0.4 is 5.32 Å². The summed E-state index contributed by atoms with van der Waals surface area (Å²) in [5.41, 5.74) is 1.91. The minimum atomic E-state index is -0.374. The van der Waals surface area contributed by atoms with Gasteiger partial charge in [0.2, 0.25) is 0 Å². The lowest BCUT2D eigenvalue weighted by molar-refractivity contribution is -0.141. The van der Waals surface area contributed by atoms with E-state index in [1.165, 1.54) is 7.11 Å². The number of anilines is 1. The van der Waals surface area contributed by atoms with Crippen LogP contribution in [0.4, 0.5) is 5.69 Å². The van der Waals surface area contributed by atoms with Gasteiger partial charge in [-0.3, -0.25) is 0 Å². The minimum absolute atomic E-state index is 0.283. The Morgan fingerprint density at radius 2 is 2.33 bits per heavy atom. The molecule has 18 heavy (non-hydrogen) atoms. The Morgan fingerprint density at radius 3 is 3.00 bits per heavy atom. The normalized spacial score (nSPS) is 11.9. The molecule has 1 aromatic heterocycles. The van der Waals surface area contributed by atoms with E-state index < -0.39 is 0 Å². The molecule has 2 aromatic rings.